The van der Waals surface area contributed by atoms with Gasteiger partial charge >= 0.3 is 5.97 Å². The average Bonchev–Trinajstić information content (AvgIpc) is 3.68. The number of sulfone groups is 1. The monoisotopic (exact) mass is 728 g/mol. The summed E-state index contributed by atoms with van der Waals surface area (Å²) in [5.41, 5.74) is 2.49. The van der Waals surface area contributed by atoms with Gasteiger partial charge < -0.3 is 20.2 Å². The second kappa shape index (κ2) is 12.8. The Labute approximate surface area is 306 Å². The Bertz CT molecular complexity index is 1580. The normalized spacial score (nSPS) is 42.2. The molecule has 0 unspecified atom stereocenters. The van der Waals surface area contributed by atoms with E-state index in [0.29, 0.717) is 69.4 Å². The number of carbonyl (C=O) groups is 1. The highest BCUT2D eigenvalue weighted by molar-refractivity contribution is 7.91. The Morgan fingerprint density at radius 1 is 0.980 bits per heavy atom. The summed E-state index contributed by atoms with van der Waals surface area (Å²) >= 11 is 1.33. The van der Waals surface area contributed by atoms with Crippen LogP contribution in [0, 0.1) is 51.2 Å². The number of anilines is 1. The smallest absolute Gasteiger partial charge is 0.347 e. The van der Waals surface area contributed by atoms with Crippen LogP contribution < -0.4 is 10.2 Å². The summed E-state index contributed by atoms with van der Waals surface area (Å²) in [5.74, 6) is 2.98. The van der Waals surface area contributed by atoms with E-state index >= 15 is 0 Å². The van der Waals surface area contributed by atoms with Crippen molar-refractivity contribution in [2.45, 2.75) is 111 Å². The molecule has 0 aromatic carbocycles. The molecule has 2 N–H and O–H groups in total. The Balaban J connectivity index is 1.08. The molecular formula is C40H64N4O4S2. The van der Waals surface area contributed by atoms with E-state index in [4.69, 9.17) is 0 Å². The maximum absolute atomic E-state index is 11.9. The van der Waals surface area contributed by atoms with Gasteiger partial charge in [0.15, 0.2) is 15.0 Å². The number of nitrogens with zero attached hydrogens (tertiary/aromatic N) is 3. The van der Waals surface area contributed by atoms with Crippen LogP contribution in [0.5, 0.6) is 0 Å². The molecule has 1 aromatic rings. The molecule has 0 bridgehead atoms. The fraction of sp³-hybridized carbons (Fsp3) is 0.850. The molecule has 9 atom stereocenters. The number of nitrogens with one attached hydrogen (secondary N) is 1. The molecule has 2 aliphatic heterocycles. The predicted octanol–water partition coefficient (Wildman–Crippen LogP) is 7.38. The molecule has 10 heteroatoms. The highest BCUT2D eigenvalue weighted by Gasteiger charge is 2.70. The van der Waals surface area contributed by atoms with Crippen molar-refractivity contribution < 1.29 is 18.3 Å². The van der Waals surface area contributed by atoms with E-state index in [9.17, 15) is 18.3 Å². The second-order valence-corrected chi connectivity index (χ2v) is 22.3. The van der Waals surface area contributed by atoms with E-state index < -0.39 is 15.8 Å². The number of aromatic carboxylic acids is 1. The maximum atomic E-state index is 11.9. The van der Waals surface area contributed by atoms with Gasteiger partial charge in [-0.05, 0) is 149 Å². The van der Waals surface area contributed by atoms with Gasteiger partial charge in [-0.2, -0.15) is 0 Å². The number of aromatic nitrogens is 1. The quantitative estimate of drug-likeness (QED) is 0.201. The van der Waals surface area contributed by atoms with E-state index in [1.807, 2.05) is 0 Å². The second-order valence-electron chi connectivity index (χ2n) is 18.9. The molecule has 0 radical (unpaired) electrons. The van der Waals surface area contributed by atoms with E-state index in [-0.39, 0.29) is 11.0 Å². The predicted molar refractivity (Wildman–Crippen MR) is 204 cm³/mol. The lowest BCUT2D eigenvalue weighted by atomic mass is 9.33. The summed E-state index contributed by atoms with van der Waals surface area (Å²) < 4.78 is 23.7. The molecule has 0 amide bonds. The van der Waals surface area contributed by atoms with Gasteiger partial charge in [0.2, 0.25) is 0 Å². The number of thiazole rings is 1. The van der Waals surface area contributed by atoms with Crippen molar-refractivity contribution in [1.82, 2.24) is 15.2 Å². The molecule has 2 saturated heterocycles. The minimum atomic E-state index is -2.83. The Hall–Kier alpha value is -1.49. The SMILES string of the molecule is C=C(C)[C@@H]1CC[C@]2(CNCCCN3CCS(=O)(=O)CC3)CC[C@]3(C)[C@H](CC[C@@H]4[C@@]5(C)CCN(c6ncc(C(=O)O)s6)C(C)(C)[C@@H]5CC[C@]43C)[C@@H]12. The number of piperidine rings is 1. The van der Waals surface area contributed by atoms with Crippen molar-refractivity contribution in [2.75, 3.05) is 55.7 Å². The molecule has 7 rings (SSSR count). The molecule has 0 spiro atoms. The first-order valence-corrected chi connectivity index (χ1v) is 22.4. The molecule has 1 aromatic heterocycles. The highest BCUT2D eigenvalue weighted by atomic mass is 32.2. The third-order valence-corrected chi connectivity index (χ3v) is 19.2. The molecule has 8 nitrogen and oxygen atoms in total. The number of carboxylic acids is 1. The van der Waals surface area contributed by atoms with Crippen molar-refractivity contribution in [3.63, 3.8) is 0 Å². The van der Waals surface area contributed by atoms with Crippen LogP contribution in [-0.4, -0.2) is 85.7 Å². The summed E-state index contributed by atoms with van der Waals surface area (Å²) in [6.07, 6.45) is 14.1. The summed E-state index contributed by atoms with van der Waals surface area (Å²) in [6, 6.07) is 0. The number of rotatable bonds is 9. The number of hydrogen-bond acceptors (Lipinski definition) is 8. The Morgan fingerprint density at radius 2 is 1.72 bits per heavy atom. The van der Waals surface area contributed by atoms with E-state index in [1.54, 1.807) is 0 Å². The van der Waals surface area contributed by atoms with Crippen molar-refractivity contribution >= 4 is 32.3 Å². The average molecular weight is 729 g/mol. The van der Waals surface area contributed by atoms with Gasteiger partial charge in [-0.25, -0.2) is 18.2 Å². The third kappa shape index (κ3) is 5.74. The Kier molecular flexibility index (Phi) is 9.45. The van der Waals surface area contributed by atoms with Crippen molar-refractivity contribution in [3.05, 3.63) is 23.2 Å². The number of allylic oxidation sites excluding steroid dienone is 1. The van der Waals surface area contributed by atoms with Crippen molar-refractivity contribution in [2.24, 2.45) is 51.2 Å². The lowest BCUT2D eigenvalue weighted by Gasteiger charge is -2.73. The minimum absolute atomic E-state index is 0.0880. The topological polar surface area (TPSA) is 103 Å². The van der Waals surface area contributed by atoms with Crippen molar-refractivity contribution in [1.29, 1.82) is 0 Å². The van der Waals surface area contributed by atoms with Crippen LogP contribution in [0.15, 0.2) is 18.3 Å². The molecule has 3 heterocycles. The first kappa shape index (κ1) is 36.9. The first-order valence-electron chi connectivity index (χ1n) is 19.7. The lowest BCUT2D eigenvalue weighted by Crippen LogP contribution is -2.70. The van der Waals surface area contributed by atoms with Crippen LogP contribution in [-0.2, 0) is 9.84 Å². The number of hydrogen-bond donors (Lipinski definition) is 2. The Morgan fingerprint density at radius 3 is 2.40 bits per heavy atom. The van der Waals surface area contributed by atoms with Gasteiger partial charge in [-0.3, -0.25) is 0 Å². The zero-order chi connectivity index (χ0) is 35.9. The standard InChI is InChI=1S/C40H64N4O4S2/c1-27(2)28-11-14-40(26-41-18-8-19-43-21-23-50(47,48)24-22-43)16-15-38(6)29(33(28)40)9-10-32-37(5)17-20-44(35-42-25-30(49-35)34(45)46)36(3,4)31(37)12-13-39(32,38)7/h25,28-29,31-33,41H,1,8-24,26H2,2-7H3,(H,45,46)/t28-,29+,31-,32+,33+,37-,38+,39+,40+/m0/s1. The van der Waals surface area contributed by atoms with E-state index in [0.717, 1.165) is 50.1 Å². The molecule has 4 aliphatic carbocycles. The summed E-state index contributed by atoms with van der Waals surface area (Å²) in [6.45, 7) is 25.2. The summed E-state index contributed by atoms with van der Waals surface area (Å²) in [7, 11) is -2.83. The molecule has 4 saturated carbocycles. The molecule has 50 heavy (non-hydrogen) atoms. The number of fused-ring (bicyclic) bond motifs is 7. The van der Waals surface area contributed by atoms with Crippen LogP contribution in [0.4, 0.5) is 5.13 Å². The minimum Gasteiger partial charge on any atom is -0.477 e. The lowest BCUT2D eigenvalue weighted by molar-refractivity contribution is -0.227. The maximum Gasteiger partial charge on any atom is 0.347 e. The zero-order valence-electron chi connectivity index (χ0n) is 31.7. The van der Waals surface area contributed by atoms with Crippen LogP contribution in [0.2, 0.25) is 0 Å². The van der Waals surface area contributed by atoms with Crippen LogP contribution >= 0.6 is 11.3 Å². The van der Waals surface area contributed by atoms with Gasteiger partial charge in [0.05, 0.1) is 17.7 Å². The highest BCUT2D eigenvalue weighted by Crippen LogP contribution is 2.76. The van der Waals surface area contributed by atoms with Crippen LogP contribution in [0.3, 0.4) is 0 Å². The largest absolute Gasteiger partial charge is 0.477 e. The van der Waals surface area contributed by atoms with Gasteiger partial charge in [-0.15, -0.1) is 0 Å². The van der Waals surface area contributed by atoms with Gasteiger partial charge in [-0.1, -0.05) is 44.3 Å². The van der Waals surface area contributed by atoms with Gasteiger partial charge in [0.25, 0.3) is 0 Å². The van der Waals surface area contributed by atoms with Gasteiger partial charge in [0, 0.05) is 31.7 Å². The number of carboxylic acid groups (broad SMARTS) is 1. The molecular weight excluding hydrogens is 665 g/mol. The summed E-state index contributed by atoms with van der Waals surface area (Å²) in [5, 5.41) is 14.4. The third-order valence-electron chi connectivity index (χ3n) is 16.6. The van der Waals surface area contributed by atoms with E-state index in [2.05, 4.69) is 68.2 Å². The first-order chi connectivity index (χ1) is 23.5. The molecule has 6 fully saturated rings. The molecule has 6 aliphatic rings. The fourth-order valence-corrected chi connectivity index (χ4v) is 16.1. The van der Waals surface area contributed by atoms with Gasteiger partial charge in [0.1, 0.15) is 4.88 Å². The van der Waals surface area contributed by atoms with Crippen LogP contribution in [0.1, 0.15) is 115 Å². The molecule has 280 valence electrons. The zero-order valence-corrected chi connectivity index (χ0v) is 33.4. The van der Waals surface area contributed by atoms with Crippen LogP contribution in [0.25, 0.3) is 0 Å². The fourth-order valence-electron chi connectivity index (χ4n) is 13.9. The van der Waals surface area contributed by atoms with E-state index in [1.165, 1.54) is 74.5 Å². The summed E-state index contributed by atoms with van der Waals surface area (Å²) in [4.78, 5) is 21.4. The van der Waals surface area contributed by atoms with Crippen molar-refractivity contribution in [3.8, 4) is 0 Å².